The van der Waals surface area contributed by atoms with Gasteiger partial charge in [0.05, 0.1) is 0 Å². The van der Waals surface area contributed by atoms with Crippen LogP contribution in [0.2, 0.25) is 5.02 Å². The van der Waals surface area contributed by atoms with Gasteiger partial charge in [0.25, 0.3) is 0 Å². The molecule has 1 rings (SSSR count). The number of halogens is 1. The number of thioether (sulfide) groups is 1. The first kappa shape index (κ1) is 16.2. The molecule has 1 aromatic carbocycles. The summed E-state index contributed by atoms with van der Waals surface area (Å²) in [6.07, 6.45) is 0. The summed E-state index contributed by atoms with van der Waals surface area (Å²) in [5, 5.41) is 6.43. The molecular formula is C14H21ClN2OS. The highest BCUT2D eigenvalue weighted by Crippen LogP contribution is 2.19. The maximum Gasteiger partial charge on any atom is 0.314 e. The summed E-state index contributed by atoms with van der Waals surface area (Å²) in [4.78, 5) is 12.7. The second kappa shape index (κ2) is 7.65. The minimum atomic E-state index is -0.105. The number of benzene rings is 1. The topological polar surface area (TPSA) is 41.1 Å². The van der Waals surface area contributed by atoms with E-state index in [4.69, 9.17) is 11.6 Å². The third-order valence-electron chi connectivity index (χ3n) is 2.25. The van der Waals surface area contributed by atoms with E-state index in [0.717, 1.165) is 15.7 Å². The zero-order valence-corrected chi connectivity index (χ0v) is 13.2. The van der Waals surface area contributed by atoms with Crippen molar-refractivity contribution < 1.29 is 4.79 Å². The number of urea groups is 1. The minimum absolute atomic E-state index is 0.105. The molecule has 2 amide bonds. The third-order valence-corrected chi connectivity index (χ3v) is 3.51. The fourth-order valence-electron chi connectivity index (χ4n) is 1.27. The zero-order valence-electron chi connectivity index (χ0n) is 11.6. The van der Waals surface area contributed by atoms with E-state index in [0.29, 0.717) is 13.1 Å². The normalized spacial score (nSPS) is 11.2. The molecule has 2 N–H and O–H groups in total. The van der Waals surface area contributed by atoms with E-state index < -0.39 is 0 Å². The van der Waals surface area contributed by atoms with E-state index in [9.17, 15) is 4.79 Å². The number of nitrogens with one attached hydrogen (secondary N) is 2. The standard InChI is InChI=1S/C14H21ClN2OS/c1-14(2,3)10-17-13(18)16-8-9-19-12-6-4-11(15)5-7-12/h4-7H,8-10H2,1-3H3,(H2,16,17,18). The Kier molecular flexibility index (Phi) is 6.52. The first-order valence-corrected chi connectivity index (χ1v) is 7.63. The Hall–Kier alpha value is -0.870. The van der Waals surface area contributed by atoms with Crippen molar-refractivity contribution >= 4 is 29.4 Å². The Bertz CT molecular complexity index is 401. The van der Waals surface area contributed by atoms with Crippen molar-refractivity contribution in [2.24, 2.45) is 5.41 Å². The van der Waals surface area contributed by atoms with Crippen LogP contribution in [0, 0.1) is 5.41 Å². The number of hydrogen-bond donors (Lipinski definition) is 2. The SMILES string of the molecule is CC(C)(C)CNC(=O)NCCSc1ccc(Cl)cc1. The molecule has 106 valence electrons. The largest absolute Gasteiger partial charge is 0.338 e. The smallest absolute Gasteiger partial charge is 0.314 e. The number of amides is 2. The van der Waals surface area contributed by atoms with E-state index in [-0.39, 0.29) is 11.4 Å². The van der Waals surface area contributed by atoms with Gasteiger partial charge in [-0.05, 0) is 29.7 Å². The van der Waals surface area contributed by atoms with Crippen molar-refractivity contribution in [3.05, 3.63) is 29.3 Å². The molecule has 1 aromatic rings. The van der Waals surface area contributed by atoms with Crippen LogP contribution in [0.25, 0.3) is 0 Å². The lowest BCUT2D eigenvalue weighted by Crippen LogP contribution is -2.40. The van der Waals surface area contributed by atoms with Crippen LogP contribution in [0.15, 0.2) is 29.2 Å². The van der Waals surface area contributed by atoms with Crippen LogP contribution in [-0.2, 0) is 0 Å². The maximum atomic E-state index is 11.5. The Labute approximate surface area is 124 Å². The second-order valence-corrected chi connectivity index (χ2v) is 7.08. The van der Waals surface area contributed by atoms with Gasteiger partial charge < -0.3 is 10.6 Å². The summed E-state index contributed by atoms with van der Waals surface area (Å²) >= 11 is 7.51. The van der Waals surface area contributed by atoms with Gasteiger partial charge in [0, 0.05) is 28.8 Å². The molecule has 3 nitrogen and oxygen atoms in total. The van der Waals surface area contributed by atoms with Crippen LogP contribution in [0.4, 0.5) is 4.79 Å². The van der Waals surface area contributed by atoms with Crippen molar-refractivity contribution in [1.29, 1.82) is 0 Å². The maximum absolute atomic E-state index is 11.5. The molecular weight excluding hydrogens is 280 g/mol. The molecule has 19 heavy (non-hydrogen) atoms. The monoisotopic (exact) mass is 300 g/mol. The Morgan fingerprint density at radius 2 is 1.84 bits per heavy atom. The zero-order chi connectivity index (χ0) is 14.3. The van der Waals surface area contributed by atoms with Crippen LogP contribution in [0.1, 0.15) is 20.8 Å². The van der Waals surface area contributed by atoms with Crippen LogP contribution in [0.3, 0.4) is 0 Å². The van der Waals surface area contributed by atoms with Crippen LogP contribution < -0.4 is 10.6 Å². The van der Waals surface area contributed by atoms with Crippen molar-refractivity contribution in [3.63, 3.8) is 0 Å². The molecule has 0 unspecified atom stereocenters. The van der Waals surface area contributed by atoms with E-state index in [2.05, 4.69) is 31.4 Å². The Balaban J connectivity index is 2.13. The van der Waals surface area contributed by atoms with E-state index >= 15 is 0 Å². The number of hydrogen-bond acceptors (Lipinski definition) is 2. The van der Waals surface area contributed by atoms with Gasteiger partial charge in [-0.1, -0.05) is 32.4 Å². The van der Waals surface area contributed by atoms with Crippen molar-refractivity contribution in [1.82, 2.24) is 10.6 Å². The predicted octanol–water partition coefficient (Wildman–Crippen LogP) is 3.78. The second-order valence-electron chi connectivity index (χ2n) is 5.47. The third kappa shape index (κ3) is 8.01. The molecule has 0 aliphatic rings. The summed E-state index contributed by atoms with van der Waals surface area (Å²) in [6, 6.07) is 7.59. The average molecular weight is 301 g/mol. The van der Waals surface area contributed by atoms with Crippen molar-refractivity contribution in [2.75, 3.05) is 18.8 Å². The van der Waals surface area contributed by atoms with Crippen molar-refractivity contribution in [2.45, 2.75) is 25.7 Å². The summed E-state index contributed by atoms with van der Waals surface area (Å²) in [6.45, 7) is 7.57. The quantitative estimate of drug-likeness (QED) is 0.642. The molecule has 0 radical (unpaired) electrons. The Morgan fingerprint density at radius 1 is 1.21 bits per heavy atom. The summed E-state index contributed by atoms with van der Waals surface area (Å²) in [5.74, 6) is 0.838. The highest BCUT2D eigenvalue weighted by Gasteiger charge is 2.11. The highest BCUT2D eigenvalue weighted by molar-refractivity contribution is 7.99. The molecule has 0 aromatic heterocycles. The average Bonchev–Trinajstić information content (AvgIpc) is 2.33. The molecule has 0 fully saturated rings. The van der Waals surface area contributed by atoms with Gasteiger partial charge >= 0.3 is 6.03 Å². The molecule has 0 saturated heterocycles. The lowest BCUT2D eigenvalue weighted by atomic mass is 9.97. The van der Waals surface area contributed by atoms with Gasteiger partial charge in [-0.3, -0.25) is 0 Å². The van der Waals surface area contributed by atoms with Gasteiger partial charge in [-0.2, -0.15) is 0 Å². The van der Waals surface area contributed by atoms with Gasteiger partial charge in [0.1, 0.15) is 0 Å². The predicted molar refractivity (Wildman–Crippen MR) is 83.0 cm³/mol. The molecule has 0 spiro atoms. The molecule has 0 heterocycles. The lowest BCUT2D eigenvalue weighted by molar-refractivity contribution is 0.236. The Morgan fingerprint density at radius 3 is 2.42 bits per heavy atom. The molecule has 0 saturated carbocycles. The summed E-state index contributed by atoms with van der Waals surface area (Å²) in [5.41, 5.74) is 0.107. The lowest BCUT2D eigenvalue weighted by Gasteiger charge is -2.18. The molecule has 5 heteroatoms. The van der Waals surface area contributed by atoms with Gasteiger partial charge in [0.2, 0.25) is 0 Å². The fraction of sp³-hybridized carbons (Fsp3) is 0.500. The number of carbonyl (C=O) groups excluding carboxylic acids is 1. The summed E-state index contributed by atoms with van der Waals surface area (Å²) in [7, 11) is 0. The van der Waals surface area contributed by atoms with Crippen LogP contribution >= 0.6 is 23.4 Å². The molecule has 0 atom stereocenters. The molecule has 0 aliphatic heterocycles. The van der Waals surface area contributed by atoms with E-state index in [1.54, 1.807) is 11.8 Å². The first-order chi connectivity index (χ1) is 8.87. The van der Waals surface area contributed by atoms with Crippen molar-refractivity contribution in [3.8, 4) is 0 Å². The van der Waals surface area contributed by atoms with Gasteiger partial charge in [0.15, 0.2) is 0 Å². The molecule has 0 aliphatic carbocycles. The fourth-order valence-corrected chi connectivity index (χ4v) is 2.17. The van der Waals surface area contributed by atoms with E-state index in [1.807, 2.05) is 24.3 Å². The highest BCUT2D eigenvalue weighted by atomic mass is 35.5. The number of carbonyl (C=O) groups is 1. The first-order valence-electron chi connectivity index (χ1n) is 6.27. The minimum Gasteiger partial charge on any atom is -0.338 e. The summed E-state index contributed by atoms with van der Waals surface area (Å²) < 4.78 is 0. The van der Waals surface area contributed by atoms with Crippen LogP contribution in [0.5, 0.6) is 0 Å². The van der Waals surface area contributed by atoms with E-state index in [1.165, 1.54) is 0 Å². The molecule has 0 bridgehead atoms. The van der Waals surface area contributed by atoms with Gasteiger partial charge in [-0.15, -0.1) is 11.8 Å². The van der Waals surface area contributed by atoms with Crippen LogP contribution in [-0.4, -0.2) is 24.9 Å². The number of rotatable bonds is 5. The van der Waals surface area contributed by atoms with Gasteiger partial charge in [-0.25, -0.2) is 4.79 Å².